The molecule has 1 unspecified atom stereocenters. The van der Waals surface area contributed by atoms with Crippen LogP contribution in [0.1, 0.15) is 30.2 Å². The second-order valence-corrected chi connectivity index (χ2v) is 5.20. The van der Waals surface area contributed by atoms with Crippen LogP contribution in [0.15, 0.2) is 24.3 Å². The molecule has 0 N–H and O–H groups in total. The van der Waals surface area contributed by atoms with Crippen molar-refractivity contribution in [3.05, 3.63) is 39.9 Å². The van der Waals surface area contributed by atoms with Crippen molar-refractivity contribution >= 4 is 17.3 Å². The van der Waals surface area contributed by atoms with E-state index in [2.05, 4.69) is 4.90 Å². The molecule has 2 rings (SSSR count). The first-order chi connectivity index (χ1) is 8.66. The van der Waals surface area contributed by atoms with E-state index in [0.717, 1.165) is 25.2 Å². The summed E-state index contributed by atoms with van der Waals surface area (Å²) in [5.74, 6) is 0. The molecule has 5 heteroatoms. The summed E-state index contributed by atoms with van der Waals surface area (Å²) in [6.07, 6.45) is 3.79. The first-order valence-electron chi connectivity index (χ1n) is 6.27. The number of alkyl halides is 1. The highest BCUT2D eigenvalue weighted by atomic mass is 35.5. The van der Waals surface area contributed by atoms with Gasteiger partial charge < -0.3 is 4.90 Å². The highest BCUT2D eigenvalue weighted by Gasteiger charge is 2.16. The van der Waals surface area contributed by atoms with Crippen molar-refractivity contribution in [3.8, 4) is 0 Å². The predicted octanol–water partition coefficient (Wildman–Crippen LogP) is 3.36. The number of likely N-dealkylation sites (tertiary alicyclic amines) is 1. The minimum Gasteiger partial charge on any atom is -0.302 e. The SMILES string of the molecule is O=[N+]([O-])c1ccc(C(Cl)CN2CCCCC2)cc1. The average Bonchev–Trinajstić information content (AvgIpc) is 2.40. The minimum absolute atomic E-state index is 0.0936. The lowest BCUT2D eigenvalue weighted by Crippen LogP contribution is -2.32. The molecule has 0 aliphatic carbocycles. The van der Waals surface area contributed by atoms with Gasteiger partial charge in [-0.25, -0.2) is 0 Å². The maximum absolute atomic E-state index is 10.6. The number of rotatable bonds is 4. The topological polar surface area (TPSA) is 46.4 Å². The molecule has 0 saturated carbocycles. The number of nitro benzene ring substituents is 1. The molecule has 0 amide bonds. The monoisotopic (exact) mass is 268 g/mol. The van der Waals surface area contributed by atoms with Gasteiger partial charge in [-0.1, -0.05) is 18.6 Å². The van der Waals surface area contributed by atoms with Crippen LogP contribution >= 0.6 is 11.6 Å². The lowest BCUT2D eigenvalue weighted by Gasteiger charge is -2.28. The van der Waals surface area contributed by atoms with Gasteiger partial charge in [0.1, 0.15) is 0 Å². The lowest BCUT2D eigenvalue weighted by molar-refractivity contribution is -0.384. The highest BCUT2D eigenvalue weighted by molar-refractivity contribution is 6.21. The molecule has 0 bridgehead atoms. The van der Waals surface area contributed by atoms with Crippen molar-refractivity contribution in [2.75, 3.05) is 19.6 Å². The fourth-order valence-electron chi connectivity index (χ4n) is 2.28. The first kappa shape index (κ1) is 13.3. The number of halogens is 1. The van der Waals surface area contributed by atoms with E-state index in [1.165, 1.54) is 31.4 Å². The van der Waals surface area contributed by atoms with Gasteiger partial charge in [-0.05, 0) is 31.5 Å². The molecule has 98 valence electrons. The Morgan fingerprint density at radius 2 is 1.83 bits per heavy atom. The van der Waals surface area contributed by atoms with E-state index in [4.69, 9.17) is 11.6 Å². The van der Waals surface area contributed by atoms with Crippen molar-refractivity contribution in [2.45, 2.75) is 24.6 Å². The van der Waals surface area contributed by atoms with Gasteiger partial charge in [0.2, 0.25) is 0 Å². The van der Waals surface area contributed by atoms with Crippen LogP contribution < -0.4 is 0 Å². The van der Waals surface area contributed by atoms with E-state index in [1.54, 1.807) is 12.1 Å². The van der Waals surface area contributed by atoms with Gasteiger partial charge in [0, 0.05) is 18.7 Å². The van der Waals surface area contributed by atoms with Gasteiger partial charge in [0.15, 0.2) is 0 Å². The molecular formula is C13H17ClN2O2. The minimum atomic E-state index is -0.391. The van der Waals surface area contributed by atoms with E-state index in [-0.39, 0.29) is 11.1 Å². The zero-order valence-corrected chi connectivity index (χ0v) is 11.0. The quantitative estimate of drug-likeness (QED) is 0.478. The summed E-state index contributed by atoms with van der Waals surface area (Å²) in [6, 6.07) is 6.53. The number of hydrogen-bond acceptors (Lipinski definition) is 3. The Balaban J connectivity index is 1.95. The second kappa shape index (κ2) is 6.16. The van der Waals surface area contributed by atoms with Crippen molar-refractivity contribution in [2.24, 2.45) is 0 Å². The maximum Gasteiger partial charge on any atom is 0.269 e. The molecular weight excluding hydrogens is 252 g/mol. The molecule has 1 fully saturated rings. The van der Waals surface area contributed by atoms with Crippen molar-refractivity contribution < 1.29 is 4.92 Å². The van der Waals surface area contributed by atoms with Gasteiger partial charge in [-0.2, -0.15) is 0 Å². The summed E-state index contributed by atoms with van der Waals surface area (Å²) in [5.41, 5.74) is 1.06. The summed E-state index contributed by atoms with van der Waals surface area (Å²) < 4.78 is 0. The Kier molecular flexibility index (Phi) is 4.55. The standard InChI is InChI=1S/C13H17ClN2O2/c14-13(10-15-8-2-1-3-9-15)11-4-6-12(7-5-11)16(17)18/h4-7,13H,1-3,8-10H2. The fourth-order valence-corrected chi connectivity index (χ4v) is 2.62. The molecule has 0 radical (unpaired) electrons. The molecule has 0 spiro atoms. The smallest absolute Gasteiger partial charge is 0.269 e. The van der Waals surface area contributed by atoms with Gasteiger partial charge in [0.05, 0.1) is 10.3 Å². The molecule has 1 aliphatic rings. The third kappa shape index (κ3) is 3.43. The predicted molar refractivity (Wildman–Crippen MR) is 72.0 cm³/mol. The number of nitrogens with zero attached hydrogens (tertiary/aromatic N) is 2. The molecule has 18 heavy (non-hydrogen) atoms. The van der Waals surface area contributed by atoms with E-state index in [0.29, 0.717) is 0 Å². The molecule has 1 heterocycles. The molecule has 1 aliphatic heterocycles. The van der Waals surface area contributed by atoms with E-state index in [1.807, 2.05) is 0 Å². The van der Waals surface area contributed by atoms with E-state index in [9.17, 15) is 10.1 Å². The number of hydrogen-bond donors (Lipinski definition) is 0. The van der Waals surface area contributed by atoms with Gasteiger partial charge in [0.25, 0.3) is 5.69 Å². The molecule has 1 aromatic rings. The Hall–Kier alpha value is -1.13. The number of benzene rings is 1. The Bertz CT molecular complexity index is 402. The van der Waals surface area contributed by atoms with Crippen LogP contribution in [0.25, 0.3) is 0 Å². The zero-order valence-electron chi connectivity index (χ0n) is 10.2. The third-order valence-corrected chi connectivity index (χ3v) is 3.72. The van der Waals surface area contributed by atoms with Crippen LogP contribution in [0.4, 0.5) is 5.69 Å². The number of non-ortho nitro benzene ring substituents is 1. The highest BCUT2D eigenvalue weighted by Crippen LogP contribution is 2.25. The normalized spacial score (nSPS) is 18.5. The van der Waals surface area contributed by atoms with Gasteiger partial charge in [-0.15, -0.1) is 11.6 Å². The molecule has 1 saturated heterocycles. The zero-order chi connectivity index (χ0) is 13.0. The lowest BCUT2D eigenvalue weighted by atomic mass is 10.1. The second-order valence-electron chi connectivity index (χ2n) is 4.68. The van der Waals surface area contributed by atoms with Crippen LogP contribution in [-0.4, -0.2) is 29.5 Å². The van der Waals surface area contributed by atoms with Crippen molar-refractivity contribution in [1.82, 2.24) is 4.90 Å². The third-order valence-electron chi connectivity index (χ3n) is 3.33. The summed E-state index contributed by atoms with van der Waals surface area (Å²) in [5, 5.41) is 10.5. The summed E-state index contributed by atoms with van der Waals surface area (Å²) >= 11 is 6.36. The molecule has 0 aromatic heterocycles. The Labute approximate surface area is 112 Å². The Morgan fingerprint density at radius 3 is 2.39 bits per heavy atom. The number of nitro groups is 1. The van der Waals surface area contributed by atoms with E-state index >= 15 is 0 Å². The average molecular weight is 269 g/mol. The van der Waals surface area contributed by atoms with Crippen LogP contribution in [0.3, 0.4) is 0 Å². The first-order valence-corrected chi connectivity index (χ1v) is 6.71. The van der Waals surface area contributed by atoms with Crippen LogP contribution in [0.2, 0.25) is 0 Å². The maximum atomic E-state index is 10.6. The summed E-state index contributed by atoms with van der Waals surface area (Å²) in [7, 11) is 0. The summed E-state index contributed by atoms with van der Waals surface area (Å²) in [6.45, 7) is 3.03. The summed E-state index contributed by atoms with van der Waals surface area (Å²) in [4.78, 5) is 12.5. The van der Waals surface area contributed by atoms with Gasteiger partial charge >= 0.3 is 0 Å². The van der Waals surface area contributed by atoms with Gasteiger partial charge in [-0.3, -0.25) is 10.1 Å². The van der Waals surface area contributed by atoms with Crippen molar-refractivity contribution in [1.29, 1.82) is 0 Å². The van der Waals surface area contributed by atoms with Crippen LogP contribution in [0.5, 0.6) is 0 Å². The molecule has 1 aromatic carbocycles. The molecule has 1 atom stereocenters. The fraction of sp³-hybridized carbons (Fsp3) is 0.538. The molecule has 4 nitrogen and oxygen atoms in total. The van der Waals surface area contributed by atoms with Crippen molar-refractivity contribution in [3.63, 3.8) is 0 Å². The number of piperidine rings is 1. The largest absolute Gasteiger partial charge is 0.302 e. The van der Waals surface area contributed by atoms with Crippen LogP contribution in [-0.2, 0) is 0 Å². The Morgan fingerprint density at radius 1 is 1.22 bits per heavy atom. The van der Waals surface area contributed by atoms with E-state index < -0.39 is 4.92 Å². The van der Waals surface area contributed by atoms with Crippen LogP contribution in [0, 0.1) is 10.1 Å².